The van der Waals surface area contributed by atoms with Crippen LogP contribution in [-0.2, 0) is 0 Å². The molecule has 0 aliphatic heterocycles. The summed E-state index contributed by atoms with van der Waals surface area (Å²) in [5.41, 5.74) is 13.9. The second-order valence-electron chi connectivity index (χ2n) is 14.3. The first-order valence-corrected chi connectivity index (χ1v) is 19.2. The number of para-hydroxylation sites is 2. The number of benzene rings is 8. The Hall–Kier alpha value is -7.69. The Morgan fingerprint density at radius 1 is 0.316 bits per heavy atom. The van der Waals surface area contributed by atoms with Crippen molar-refractivity contribution in [2.75, 3.05) is 0 Å². The van der Waals surface area contributed by atoms with Gasteiger partial charge >= 0.3 is 0 Å². The van der Waals surface area contributed by atoms with Crippen LogP contribution in [0.5, 0.6) is 0 Å². The number of hydrogen-bond donors (Lipinski definition) is 0. The van der Waals surface area contributed by atoms with Crippen LogP contribution in [-0.4, -0.2) is 15.0 Å². The Labute approximate surface area is 329 Å². The minimum Gasteiger partial charge on any atom is -0.455 e. The quantitative estimate of drug-likeness (QED) is 0.160. The van der Waals surface area contributed by atoms with Gasteiger partial charge in [-0.1, -0.05) is 176 Å². The van der Waals surface area contributed by atoms with Gasteiger partial charge in [0.05, 0.1) is 22.6 Å². The van der Waals surface area contributed by atoms with E-state index in [1.54, 1.807) is 0 Å². The minimum absolute atomic E-state index is 0.690. The van der Waals surface area contributed by atoms with Crippen LogP contribution in [0.2, 0.25) is 0 Å². The number of furan rings is 1. The predicted octanol–water partition coefficient (Wildman–Crippen LogP) is 14.1. The topological polar surface area (TPSA) is 51.8 Å². The molecule has 0 radical (unpaired) electrons. The van der Waals surface area contributed by atoms with Crippen LogP contribution in [0.3, 0.4) is 0 Å². The zero-order valence-corrected chi connectivity index (χ0v) is 30.8. The Balaban J connectivity index is 1.03. The number of nitrogens with zero attached hydrogens (tertiary/aromatic N) is 3. The summed E-state index contributed by atoms with van der Waals surface area (Å²) in [4.78, 5) is 15.3. The molecule has 4 heteroatoms. The van der Waals surface area contributed by atoms with Crippen molar-refractivity contribution < 1.29 is 4.42 Å². The van der Waals surface area contributed by atoms with Gasteiger partial charge in [-0.3, -0.25) is 0 Å². The van der Waals surface area contributed by atoms with Crippen molar-refractivity contribution in [1.29, 1.82) is 0 Å². The summed E-state index contributed by atoms with van der Waals surface area (Å²) in [6, 6.07) is 69.5. The third kappa shape index (κ3) is 5.74. The van der Waals surface area contributed by atoms with Crippen LogP contribution in [0.1, 0.15) is 0 Å². The van der Waals surface area contributed by atoms with E-state index >= 15 is 0 Å². The molecule has 0 saturated carbocycles. The van der Waals surface area contributed by atoms with Gasteiger partial charge in [0.25, 0.3) is 0 Å². The van der Waals surface area contributed by atoms with E-state index in [2.05, 4.69) is 164 Å². The van der Waals surface area contributed by atoms with Crippen LogP contribution in [0, 0.1) is 0 Å². The number of aromatic nitrogens is 3. The standard InChI is InChI=1S/C53H33N3O/c1-4-14-34(15-5-1)39-20-12-21-40(32-39)48-33-47(55-53(56-48)38-18-8-3-9-19-38)36-28-26-35(27-29-36)41-23-13-24-42-43-30-31-45-49(52(43)57-51(41)42)44-22-10-11-25-46(44)54-50(45)37-16-6-2-7-17-37/h1-33H. The highest BCUT2D eigenvalue weighted by Crippen LogP contribution is 2.43. The summed E-state index contributed by atoms with van der Waals surface area (Å²) in [5, 5.41) is 5.40. The Morgan fingerprint density at radius 3 is 1.65 bits per heavy atom. The van der Waals surface area contributed by atoms with Crippen molar-refractivity contribution in [1.82, 2.24) is 15.0 Å². The Bertz CT molecular complexity index is 3260. The lowest BCUT2D eigenvalue weighted by atomic mass is 9.97. The number of fused-ring (bicyclic) bond motifs is 7. The number of pyridine rings is 1. The first kappa shape index (κ1) is 32.7. The summed E-state index contributed by atoms with van der Waals surface area (Å²) < 4.78 is 6.99. The van der Waals surface area contributed by atoms with E-state index in [0.717, 1.165) is 99.6 Å². The van der Waals surface area contributed by atoms with Gasteiger partial charge in [0.2, 0.25) is 0 Å². The minimum atomic E-state index is 0.690. The highest BCUT2D eigenvalue weighted by Gasteiger charge is 2.19. The molecule has 266 valence electrons. The fourth-order valence-electron chi connectivity index (χ4n) is 8.10. The summed E-state index contributed by atoms with van der Waals surface area (Å²) in [7, 11) is 0. The second-order valence-corrected chi connectivity index (χ2v) is 14.3. The van der Waals surface area contributed by atoms with E-state index in [9.17, 15) is 0 Å². The van der Waals surface area contributed by atoms with E-state index in [1.807, 2.05) is 36.4 Å². The summed E-state index contributed by atoms with van der Waals surface area (Å²) in [6.45, 7) is 0. The molecule has 0 atom stereocenters. The van der Waals surface area contributed by atoms with Crippen LogP contribution in [0.15, 0.2) is 205 Å². The molecular weight excluding hydrogens is 695 g/mol. The molecule has 4 nitrogen and oxygen atoms in total. The molecule has 0 bridgehead atoms. The molecule has 3 aromatic heterocycles. The van der Waals surface area contributed by atoms with Gasteiger partial charge < -0.3 is 4.42 Å². The molecule has 0 N–H and O–H groups in total. The third-order valence-electron chi connectivity index (χ3n) is 10.9. The van der Waals surface area contributed by atoms with E-state index in [-0.39, 0.29) is 0 Å². The smallest absolute Gasteiger partial charge is 0.160 e. The fraction of sp³-hybridized carbons (Fsp3) is 0. The fourth-order valence-corrected chi connectivity index (χ4v) is 8.10. The van der Waals surface area contributed by atoms with Gasteiger partial charge in [-0.2, -0.15) is 0 Å². The lowest BCUT2D eigenvalue weighted by molar-refractivity contribution is 0.674. The highest BCUT2D eigenvalue weighted by molar-refractivity contribution is 6.25. The van der Waals surface area contributed by atoms with Crippen molar-refractivity contribution >= 4 is 43.6 Å². The largest absolute Gasteiger partial charge is 0.455 e. The first-order valence-electron chi connectivity index (χ1n) is 19.2. The Kier molecular flexibility index (Phi) is 7.78. The van der Waals surface area contributed by atoms with Crippen LogP contribution in [0.4, 0.5) is 0 Å². The van der Waals surface area contributed by atoms with Crippen molar-refractivity contribution in [3.63, 3.8) is 0 Å². The molecule has 0 spiro atoms. The van der Waals surface area contributed by atoms with Crippen molar-refractivity contribution in [3.8, 4) is 67.4 Å². The van der Waals surface area contributed by atoms with Crippen LogP contribution < -0.4 is 0 Å². The maximum Gasteiger partial charge on any atom is 0.160 e. The normalized spacial score (nSPS) is 11.5. The van der Waals surface area contributed by atoms with Gasteiger partial charge in [-0.15, -0.1) is 0 Å². The van der Waals surface area contributed by atoms with Crippen molar-refractivity contribution in [2.24, 2.45) is 0 Å². The molecular formula is C53H33N3O. The third-order valence-corrected chi connectivity index (χ3v) is 10.9. The first-order chi connectivity index (χ1) is 28.2. The van der Waals surface area contributed by atoms with Gasteiger partial charge in [0, 0.05) is 54.7 Å². The molecule has 0 aliphatic carbocycles. The molecule has 11 aromatic rings. The maximum atomic E-state index is 6.99. The van der Waals surface area contributed by atoms with Gasteiger partial charge in [-0.25, -0.2) is 15.0 Å². The van der Waals surface area contributed by atoms with E-state index in [0.29, 0.717) is 5.82 Å². The SMILES string of the molecule is c1ccc(-c2cccc(-c3cc(-c4ccc(-c5cccc6c5oc5c6ccc6c(-c7ccccc7)nc7ccccc7c65)cc4)nc(-c4ccccc4)n3)c2)cc1. The molecule has 3 heterocycles. The predicted molar refractivity (Wildman–Crippen MR) is 235 cm³/mol. The molecule has 8 aromatic carbocycles. The van der Waals surface area contributed by atoms with Gasteiger partial charge in [-0.05, 0) is 41.0 Å². The van der Waals surface area contributed by atoms with Gasteiger partial charge in [0.1, 0.15) is 11.2 Å². The molecule has 0 aliphatic rings. The van der Waals surface area contributed by atoms with Crippen molar-refractivity contribution in [2.45, 2.75) is 0 Å². The Morgan fingerprint density at radius 2 is 0.877 bits per heavy atom. The summed E-state index contributed by atoms with van der Waals surface area (Å²) >= 11 is 0. The lowest BCUT2D eigenvalue weighted by Crippen LogP contribution is -1.96. The molecule has 0 unspecified atom stereocenters. The van der Waals surface area contributed by atoms with Crippen LogP contribution >= 0.6 is 0 Å². The lowest BCUT2D eigenvalue weighted by Gasteiger charge is -2.11. The second kappa shape index (κ2) is 13.6. The van der Waals surface area contributed by atoms with Crippen LogP contribution in [0.25, 0.3) is 111 Å². The zero-order valence-electron chi connectivity index (χ0n) is 30.8. The van der Waals surface area contributed by atoms with E-state index in [4.69, 9.17) is 19.4 Å². The monoisotopic (exact) mass is 727 g/mol. The molecule has 57 heavy (non-hydrogen) atoms. The molecule has 0 saturated heterocycles. The highest BCUT2D eigenvalue weighted by atomic mass is 16.3. The van der Waals surface area contributed by atoms with E-state index in [1.165, 1.54) is 5.56 Å². The summed E-state index contributed by atoms with van der Waals surface area (Å²) in [5.74, 6) is 0.690. The maximum absolute atomic E-state index is 6.99. The summed E-state index contributed by atoms with van der Waals surface area (Å²) in [6.07, 6.45) is 0. The molecule has 11 rings (SSSR count). The molecule has 0 amide bonds. The number of hydrogen-bond acceptors (Lipinski definition) is 4. The zero-order chi connectivity index (χ0) is 37.7. The van der Waals surface area contributed by atoms with E-state index < -0.39 is 0 Å². The average molecular weight is 728 g/mol. The number of rotatable bonds is 6. The van der Waals surface area contributed by atoms with Gasteiger partial charge in [0.15, 0.2) is 5.82 Å². The average Bonchev–Trinajstić information content (AvgIpc) is 3.69. The van der Waals surface area contributed by atoms with Crippen molar-refractivity contribution in [3.05, 3.63) is 200 Å². The molecule has 0 fully saturated rings.